The summed E-state index contributed by atoms with van der Waals surface area (Å²) in [4.78, 5) is 39.7. The number of hydrogen-bond donors (Lipinski definition) is 1. The number of piperazine rings is 1. The van der Waals surface area contributed by atoms with Crippen molar-refractivity contribution in [3.63, 3.8) is 0 Å². The van der Waals surface area contributed by atoms with Crippen LogP contribution in [0.1, 0.15) is 22.8 Å². The number of pyridine rings is 1. The van der Waals surface area contributed by atoms with Gasteiger partial charge in [0.15, 0.2) is 0 Å². The molecule has 0 amide bonds. The molecule has 0 bridgehead atoms. The Morgan fingerprint density at radius 2 is 1.76 bits per heavy atom. The molecule has 0 unspecified atom stereocenters. The Hall–Kier alpha value is -4.24. The molecule has 0 radical (unpaired) electrons. The Balaban J connectivity index is 1.44. The average molecular weight is 499 g/mol. The third kappa shape index (κ3) is 5.46. The fraction of sp³-hybridized carbons (Fsp3) is 0.286. The van der Waals surface area contributed by atoms with Crippen LogP contribution in [0.3, 0.4) is 0 Å². The molecule has 1 saturated heterocycles. The molecule has 3 heterocycles. The smallest absolute Gasteiger partial charge is 0.341 e. The van der Waals surface area contributed by atoms with Crippen molar-refractivity contribution in [1.29, 1.82) is 0 Å². The van der Waals surface area contributed by atoms with E-state index in [9.17, 15) is 9.59 Å². The molecule has 1 aliphatic rings. The van der Waals surface area contributed by atoms with Crippen molar-refractivity contribution in [1.82, 2.24) is 19.4 Å². The number of anilines is 3. The van der Waals surface area contributed by atoms with Crippen LogP contribution in [0.25, 0.3) is 10.9 Å². The van der Waals surface area contributed by atoms with Crippen LogP contribution in [0, 0.1) is 0 Å². The van der Waals surface area contributed by atoms with E-state index in [1.165, 1.54) is 22.6 Å². The van der Waals surface area contributed by atoms with Crippen molar-refractivity contribution in [2.24, 2.45) is 0 Å². The largest absolute Gasteiger partial charge is 0.462 e. The van der Waals surface area contributed by atoms with Crippen molar-refractivity contribution in [3.8, 4) is 0 Å². The van der Waals surface area contributed by atoms with Crippen LogP contribution in [0.4, 0.5) is 17.3 Å². The Labute approximate surface area is 215 Å². The fourth-order valence-corrected chi connectivity index (χ4v) is 4.44. The number of nitrogens with one attached hydrogen (secondary N) is 1. The van der Waals surface area contributed by atoms with Crippen LogP contribution in [0.15, 0.2) is 71.8 Å². The SMILES string of the molecule is CCOC(=O)c1cn(Cc2ccccc2)c(=O)c2cnc(Nc3ccc(N4CCN(C)CC4)cc3)nc12. The summed E-state index contributed by atoms with van der Waals surface area (Å²) in [6, 6.07) is 17.7. The van der Waals surface area contributed by atoms with Crippen LogP contribution >= 0.6 is 0 Å². The van der Waals surface area contributed by atoms with E-state index < -0.39 is 5.97 Å². The predicted octanol–water partition coefficient (Wildman–Crippen LogP) is 3.51. The number of likely N-dealkylation sites (N-methyl/N-ethyl adjacent to an activating group) is 1. The molecular weight excluding hydrogens is 468 g/mol. The van der Waals surface area contributed by atoms with Gasteiger partial charge in [0.25, 0.3) is 5.56 Å². The molecule has 1 N–H and O–H groups in total. The first kappa shape index (κ1) is 24.5. The number of fused-ring (bicyclic) bond motifs is 1. The topological polar surface area (TPSA) is 92.6 Å². The molecule has 5 rings (SSSR count). The number of carbonyl (C=O) groups is 1. The monoisotopic (exact) mass is 498 g/mol. The van der Waals surface area contributed by atoms with Gasteiger partial charge in [-0.15, -0.1) is 0 Å². The van der Waals surface area contributed by atoms with Gasteiger partial charge in [0, 0.05) is 49.9 Å². The summed E-state index contributed by atoms with van der Waals surface area (Å²) in [5.41, 5.74) is 3.14. The van der Waals surface area contributed by atoms with E-state index in [4.69, 9.17) is 4.74 Å². The second kappa shape index (κ2) is 10.8. The Morgan fingerprint density at radius 3 is 2.46 bits per heavy atom. The maximum Gasteiger partial charge on any atom is 0.341 e. The van der Waals surface area contributed by atoms with E-state index in [1.54, 1.807) is 6.92 Å². The van der Waals surface area contributed by atoms with E-state index in [0.29, 0.717) is 12.5 Å². The van der Waals surface area contributed by atoms with Gasteiger partial charge in [0.1, 0.15) is 5.56 Å². The van der Waals surface area contributed by atoms with Gasteiger partial charge in [-0.3, -0.25) is 4.79 Å². The van der Waals surface area contributed by atoms with Crippen molar-refractivity contribution in [2.75, 3.05) is 50.1 Å². The van der Waals surface area contributed by atoms with Crippen molar-refractivity contribution >= 4 is 34.2 Å². The summed E-state index contributed by atoms with van der Waals surface area (Å²) in [5.74, 6) is -0.235. The van der Waals surface area contributed by atoms with Crippen LogP contribution in [0.2, 0.25) is 0 Å². The number of benzene rings is 2. The molecule has 9 heteroatoms. The molecule has 2 aromatic carbocycles. The van der Waals surface area contributed by atoms with Gasteiger partial charge in [0.2, 0.25) is 5.95 Å². The highest BCUT2D eigenvalue weighted by Gasteiger charge is 2.19. The number of aromatic nitrogens is 3. The maximum absolute atomic E-state index is 13.2. The minimum atomic E-state index is -0.532. The third-order valence-corrected chi connectivity index (χ3v) is 6.50. The lowest BCUT2D eigenvalue weighted by molar-refractivity contribution is 0.0527. The van der Waals surface area contributed by atoms with E-state index in [0.717, 1.165) is 37.4 Å². The summed E-state index contributed by atoms with van der Waals surface area (Å²) >= 11 is 0. The average Bonchev–Trinajstić information content (AvgIpc) is 2.92. The van der Waals surface area contributed by atoms with Crippen molar-refractivity contribution in [2.45, 2.75) is 13.5 Å². The summed E-state index contributed by atoms with van der Waals surface area (Å²) in [7, 11) is 2.14. The fourth-order valence-electron chi connectivity index (χ4n) is 4.44. The molecule has 4 aromatic rings. The third-order valence-electron chi connectivity index (χ3n) is 6.50. The Bertz CT molecular complexity index is 1450. The molecule has 0 saturated carbocycles. The van der Waals surface area contributed by atoms with Crippen molar-refractivity contribution in [3.05, 3.63) is 88.5 Å². The zero-order valence-electron chi connectivity index (χ0n) is 21.1. The normalized spacial score (nSPS) is 14.1. The van der Waals surface area contributed by atoms with Gasteiger partial charge in [-0.2, -0.15) is 0 Å². The van der Waals surface area contributed by atoms with E-state index in [1.807, 2.05) is 42.5 Å². The molecule has 190 valence electrons. The summed E-state index contributed by atoms with van der Waals surface area (Å²) in [5, 5.41) is 3.46. The lowest BCUT2D eigenvalue weighted by Crippen LogP contribution is -2.44. The summed E-state index contributed by atoms with van der Waals surface area (Å²) in [6.45, 7) is 6.36. The summed E-state index contributed by atoms with van der Waals surface area (Å²) < 4.78 is 6.77. The number of nitrogens with zero attached hydrogens (tertiary/aromatic N) is 5. The highest BCUT2D eigenvalue weighted by atomic mass is 16.5. The maximum atomic E-state index is 13.2. The van der Waals surface area contributed by atoms with E-state index in [-0.39, 0.29) is 28.6 Å². The molecular formula is C28H30N6O3. The number of ether oxygens (including phenoxy) is 1. The van der Waals surface area contributed by atoms with Gasteiger partial charge in [-0.05, 0) is 43.8 Å². The first-order valence-corrected chi connectivity index (χ1v) is 12.4. The summed E-state index contributed by atoms with van der Waals surface area (Å²) in [6.07, 6.45) is 2.99. The van der Waals surface area contributed by atoms with Gasteiger partial charge >= 0.3 is 5.97 Å². The molecule has 9 nitrogen and oxygen atoms in total. The lowest BCUT2D eigenvalue weighted by atomic mass is 10.1. The molecule has 1 fully saturated rings. The minimum Gasteiger partial charge on any atom is -0.462 e. The number of rotatable bonds is 7. The zero-order chi connectivity index (χ0) is 25.8. The van der Waals surface area contributed by atoms with Crippen LogP contribution in [0.5, 0.6) is 0 Å². The Morgan fingerprint density at radius 1 is 1.03 bits per heavy atom. The Kier molecular flexibility index (Phi) is 7.14. The first-order chi connectivity index (χ1) is 18.0. The van der Waals surface area contributed by atoms with Crippen LogP contribution in [-0.2, 0) is 11.3 Å². The number of carbonyl (C=O) groups excluding carboxylic acids is 1. The quantitative estimate of drug-likeness (QED) is 0.387. The van der Waals surface area contributed by atoms with Gasteiger partial charge < -0.3 is 24.4 Å². The van der Waals surface area contributed by atoms with Crippen molar-refractivity contribution < 1.29 is 9.53 Å². The number of esters is 1. The van der Waals surface area contributed by atoms with E-state index >= 15 is 0 Å². The van der Waals surface area contributed by atoms with Crippen LogP contribution in [-0.4, -0.2) is 65.2 Å². The second-order valence-electron chi connectivity index (χ2n) is 9.10. The van der Waals surface area contributed by atoms with Crippen LogP contribution < -0.4 is 15.8 Å². The highest BCUT2D eigenvalue weighted by molar-refractivity contribution is 6.02. The van der Waals surface area contributed by atoms with E-state index in [2.05, 4.69) is 44.3 Å². The zero-order valence-corrected chi connectivity index (χ0v) is 21.1. The lowest BCUT2D eigenvalue weighted by Gasteiger charge is -2.34. The second-order valence-corrected chi connectivity index (χ2v) is 9.10. The predicted molar refractivity (Wildman–Crippen MR) is 145 cm³/mol. The molecule has 0 aliphatic carbocycles. The molecule has 2 aromatic heterocycles. The minimum absolute atomic E-state index is 0.216. The number of hydrogen-bond acceptors (Lipinski definition) is 8. The first-order valence-electron chi connectivity index (χ1n) is 12.4. The molecule has 37 heavy (non-hydrogen) atoms. The van der Waals surface area contributed by atoms with Gasteiger partial charge in [-0.1, -0.05) is 30.3 Å². The van der Waals surface area contributed by atoms with Gasteiger partial charge in [-0.25, -0.2) is 14.8 Å². The standard InChI is InChI=1S/C28H30N6O3/c1-3-37-27(36)24-19-34(18-20-7-5-4-6-8-20)26(35)23-17-29-28(31-25(23)24)30-21-9-11-22(12-10-21)33-15-13-32(2)14-16-33/h4-12,17,19H,3,13-16,18H2,1-2H3,(H,29,30,31). The molecule has 0 atom stereocenters. The molecule has 0 spiro atoms. The highest BCUT2D eigenvalue weighted by Crippen LogP contribution is 2.22. The van der Waals surface area contributed by atoms with Gasteiger partial charge in [0.05, 0.1) is 24.1 Å². The molecule has 1 aliphatic heterocycles.